The van der Waals surface area contributed by atoms with Crippen LogP contribution in [-0.2, 0) is 21.4 Å². The van der Waals surface area contributed by atoms with Crippen molar-refractivity contribution in [3.05, 3.63) is 59.2 Å². The van der Waals surface area contributed by atoms with E-state index in [0.29, 0.717) is 40.3 Å². The van der Waals surface area contributed by atoms with Crippen molar-refractivity contribution in [2.45, 2.75) is 50.5 Å². The molecular formula is C23H24N4O5S. The maximum Gasteiger partial charge on any atom is 0.265 e. The molecule has 10 heteroatoms. The Morgan fingerprint density at radius 2 is 2.00 bits per heavy atom. The van der Waals surface area contributed by atoms with E-state index in [1.165, 1.54) is 11.0 Å². The van der Waals surface area contributed by atoms with Crippen LogP contribution >= 0.6 is 0 Å². The van der Waals surface area contributed by atoms with Crippen molar-refractivity contribution in [1.82, 2.24) is 10.1 Å². The van der Waals surface area contributed by atoms with Crippen molar-refractivity contribution in [1.29, 1.82) is 0 Å². The third-order valence-corrected chi connectivity index (χ3v) is 7.52. The van der Waals surface area contributed by atoms with E-state index in [1.807, 2.05) is 13.0 Å². The summed E-state index contributed by atoms with van der Waals surface area (Å²) < 4.78 is 39.7. The smallest absolute Gasteiger partial charge is 0.265 e. The van der Waals surface area contributed by atoms with Crippen LogP contribution in [0.4, 0.5) is 11.4 Å². The van der Waals surface area contributed by atoms with E-state index in [0.717, 1.165) is 24.8 Å². The number of anilines is 2. The van der Waals surface area contributed by atoms with Gasteiger partial charge in [-0.2, -0.15) is 4.98 Å². The first-order valence-electron chi connectivity index (χ1n) is 10.8. The molecule has 0 unspecified atom stereocenters. The van der Waals surface area contributed by atoms with Crippen molar-refractivity contribution in [2.24, 2.45) is 0 Å². The molecule has 9 nitrogen and oxygen atoms in total. The van der Waals surface area contributed by atoms with Gasteiger partial charge in [-0.1, -0.05) is 23.7 Å². The molecule has 1 aromatic heterocycles. The van der Waals surface area contributed by atoms with Crippen LogP contribution in [0.15, 0.2) is 45.8 Å². The van der Waals surface area contributed by atoms with Crippen molar-refractivity contribution >= 4 is 27.3 Å². The molecule has 0 saturated heterocycles. The Bertz CT molecular complexity index is 1330. The first kappa shape index (κ1) is 21.4. The zero-order valence-corrected chi connectivity index (χ0v) is 19.2. The molecule has 2 heterocycles. The van der Waals surface area contributed by atoms with Gasteiger partial charge < -0.3 is 9.26 Å². The molecule has 0 spiro atoms. The van der Waals surface area contributed by atoms with Gasteiger partial charge >= 0.3 is 0 Å². The molecule has 0 radical (unpaired) electrons. The molecule has 1 fully saturated rings. The fourth-order valence-electron chi connectivity index (χ4n) is 4.01. The molecule has 0 atom stereocenters. The Morgan fingerprint density at radius 3 is 2.73 bits per heavy atom. The number of hydrogen-bond acceptors (Lipinski definition) is 7. The number of carbonyl (C=O) groups excluding carboxylic acids is 1. The Morgan fingerprint density at radius 1 is 1.18 bits per heavy atom. The quantitative estimate of drug-likeness (QED) is 0.587. The highest BCUT2D eigenvalue weighted by atomic mass is 32.2. The van der Waals surface area contributed by atoms with Crippen LogP contribution in [0.1, 0.15) is 48.0 Å². The Hall–Kier alpha value is -3.40. The van der Waals surface area contributed by atoms with Gasteiger partial charge in [0.15, 0.2) is 12.4 Å². The third-order valence-electron chi connectivity index (χ3n) is 6.00. The summed E-state index contributed by atoms with van der Waals surface area (Å²) >= 11 is 0. The molecule has 3 aromatic rings. The topological polar surface area (TPSA) is 115 Å². The van der Waals surface area contributed by atoms with Crippen molar-refractivity contribution < 1.29 is 22.5 Å². The van der Waals surface area contributed by atoms with Gasteiger partial charge in [0.2, 0.25) is 5.89 Å². The largest absolute Gasteiger partial charge is 0.482 e. The SMILES string of the molecule is Cc1cccc(NS(=O)(=O)c2cc3c(cc2C)N(Cc2noc(C4CCC4)n2)C(=O)CO3)c1. The van der Waals surface area contributed by atoms with Gasteiger partial charge in [-0.25, -0.2) is 8.42 Å². The lowest BCUT2D eigenvalue weighted by atomic mass is 9.85. The van der Waals surface area contributed by atoms with Crippen LogP contribution in [-0.4, -0.2) is 31.1 Å². The summed E-state index contributed by atoms with van der Waals surface area (Å²) in [5.41, 5.74) is 2.38. The number of ether oxygens (including phenoxy) is 1. The fourth-order valence-corrected chi connectivity index (χ4v) is 5.30. The molecule has 5 rings (SSSR count). The normalized spacial score (nSPS) is 16.2. The molecule has 1 amide bonds. The molecule has 2 aromatic carbocycles. The van der Waals surface area contributed by atoms with E-state index in [2.05, 4.69) is 14.9 Å². The summed E-state index contributed by atoms with van der Waals surface area (Å²) in [6.07, 6.45) is 3.23. The number of aryl methyl sites for hydroxylation is 2. The van der Waals surface area contributed by atoms with Crippen molar-refractivity contribution in [2.75, 3.05) is 16.2 Å². The highest BCUT2D eigenvalue weighted by molar-refractivity contribution is 7.92. The van der Waals surface area contributed by atoms with Gasteiger partial charge in [0, 0.05) is 17.7 Å². The zero-order valence-electron chi connectivity index (χ0n) is 18.4. The maximum absolute atomic E-state index is 13.1. The summed E-state index contributed by atoms with van der Waals surface area (Å²) in [6.45, 7) is 3.50. The highest BCUT2D eigenvalue weighted by Gasteiger charge is 2.31. The molecule has 1 saturated carbocycles. The van der Waals surface area contributed by atoms with Gasteiger partial charge in [-0.15, -0.1) is 0 Å². The minimum absolute atomic E-state index is 0.0869. The second-order valence-corrected chi connectivity index (χ2v) is 10.2. The van der Waals surface area contributed by atoms with Crippen LogP contribution in [0.25, 0.3) is 0 Å². The summed E-state index contributed by atoms with van der Waals surface area (Å²) in [4.78, 5) is 18.7. The maximum atomic E-state index is 13.1. The van der Waals surface area contributed by atoms with Crippen LogP contribution in [0.5, 0.6) is 5.75 Å². The number of rotatable bonds is 6. The highest BCUT2D eigenvalue weighted by Crippen LogP contribution is 2.38. The molecule has 1 N–H and O–H groups in total. The van der Waals surface area contributed by atoms with E-state index >= 15 is 0 Å². The monoisotopic (exact) mass is 468 g/mol. The summed E-state index contributed by atoms with van der Waals surface area (Å²) in [5.74, 6) is 1.37. The predicted molar refractivity (Wildman–Crippen MR) is 121 cm³/mol. The Kier molecular flexibility index (Phi) is 5.32. The molecule has 1 aliphatic carbocycles. The molecule has 0 bridgehead atoms. The van der Waals surface area contributed by atoms with E-state index in [4.69, 9.17) is 9.26 Å². The van der Waals surface area contributed by atoms with Gasteiger partial charge in [-0.3, -0.25) is 14.4 Å². The number of carbonyl (C=O) groups is 1. The first-order chi connectivity index (χ1) is 15.8. The summed E-state index contributed by atoms with van der Waals surface area (Å²) in [5, 5.41) is 4.03. The van der Waals surface area contributed by atoms with Crippen molar-refractivity contribution in [3.8, 4) is 5.75 Å². The lowest BCUT2D eigenvalue weighted by Gasteiger charge is -2.29. The van der Waals surface area contributed by atoms with Gasteiger partial charge in [0.25, 0.3) is 15.9 Å². The molecule has 33 heavy (non-hydrogen) atoms. The van der Waals surface area contributed by atoms with Gasteiger partial charge in [0.1, 0.15) is 5.75 Å². The standard InChI is InChI=1S/C23H24N4O5S/c1-14-5-3-8-17(9-14)26-33(29,30)20-11-19-18(10-15(20)2)27(22(28)13-31-19)12-21-24-23(32-25-21)16-6-4-7-16/h3,5,8-11,16,26H,4,6-7,12-13H2,1-2H3. The van der Waals surface area contributed by atoms with E-state index in [1.54, 1.807) is 31.2 Å². The van der Waals surface area contributed by atoms with E-state index < -0.39 is 10.0 Å². The van der Waals surface area contributed by atoms with Crippen LogP contribution in [0.3, 0.4) is 0 Å². The average molecular weight is 469 g/mol. The summed E-state index contributed by atoms with van der Waals surface area (Å²) in [7, 11) is -3.86. The second kappa shape index (κ2) is 8.18. The number of sulfonamides is 1. The number of fused-ring (bicyclic) bond motifs is 1. The summed E-state index contributed by atoms with van der Waals surface area (Å²) in [6, 6.07) is 10.2. The number of amides is 1. The van der Waals surface area contributed by atoms with E-state index in [-0.39, 0.29) is 24.0 Å². The molecule has 2 aliphatic rings. The molecular weight excluding hydrogens is 444 g/mol. The van der Waals surface area contributed by atoms with Crippen molar-refractivity contribution in [3.63, 3.8) is 0 Å². The van der Waals surface area contributed by atoms with Gasteiger partial charge in [0.05, 0.1) is 17.1 Å². The molecule has 1 aliphatic heterocycles. The second-order valence-electron chi connectivity index (χ2n) is 8.51. The zero-order chi connectivity index (χ0) is 23.2. The number of hydrogen-bond donors (Lipinski definition) is 1. The number of nitrogens with one attached hydrogen (secondary N) is 1. The minimum Gasteiger partial charge on any atom is -0.482 e. The number of aromatic nitrogens is 2. The fraction of sp³-hybridized carbons (Fsp3) is 0.348. The first-order valence-corrected chi connectivity index (χ1v) is 12.3. The Labute approximate surface area is 191 Å². The van der Waals surface area contributed by atoms with Gasteiger partial charge in [-0.05, 0) is 56.0 Å². The predicted octanol–water partition coefficient (Wildman–Crippen LogP) is 3.68. The lowest BCUT2D eigenvalue weighted by Crippen LogP contribution is -2.38. The molecule has 172 valence electrons. The van der Waals surface area contributed by atoms with Crippen LogP contribution in [0, 0.1) is 13.8 Å². The Balaban J connectivity index is 1.43. The van der Waals surface area contributed by atoms with Crippen LogP contribution < -0.4 is 14.4 Å². The average Bonchev–Trinajstić information content (AvgIpc) is 3.16. The number of benzene rings is 2. The van der Waals surface area contributed by atoms with Crippen LogP contribution in [0.2, 0.25) is 0 Å². The minimum atomic E-state index is -3.86. The third kappa shape index (κ3) is 4.18. The van der Waals surface area contributed by atoms with E-state index in [9.17, 15) is 13.2 Å². The lowest BCUT2D eigenvalue weighted by molar-refractivity contribution is -0.121. The number of nitrogens with zero attached hydrogens (tertiary/aromatic N) is 3.